The molecule has 0 amide bonds. The van der Waals surface area contributed by atoms with Gasteiger partial charge in [-0.3, -0.25) is 9.13 Å². The first kappa shape index (κ1) is 11.0. The molecule has 0 saturated heterocycles. The van der Waals surface area contributed by atoms with Gasteiger partial charge in [0.2, 0.25) is 0 Å². The van der Waals surface area contributed by atoms with Gasteiger partial charge < -0.3 is 0 Å². The standard InChI is InChI=1S/C13H18N2O/c1-10(2)8-9-15-12-7-5-4-6-11(12)14(3)13(15)16/h4-7,10H,8-9H2,1-3H3. The van der Waals surface area contributed by atoms with E-state index in [2.05, 4.69) is 13.8 Å². The number of rotatable bonds is 3. The number of benzene rings is 1. The summed E-state index contributed by atoms with van der Waals surface area (Å²) in [5.74, 6) is 0.617. The van der Waals surface area contributed by atoms with Gasteiger partial charge in [0.25, 0.3) is 0 Å². The van der Waals surface area contributed by atoms with Gasteiger partial charge in [-0.25, -0.2) is 4.79 Å². The minimum atomic E-state index is 0.0850. The molecule has 1 heterocycles. The average molecular weight is 218 g/mol. The van der Waals surface area contributed by atoms with E-state index in [0.717, 1.165) is 24.0 Å². The third-order valence-electron chi connectivity index (χ3n) is 2.98. The minimum Gasteiger partial charge on any atom is -0.295 e. The molecule has 0 aliphatic rings. The summed E-state index contributed by atoms with van der Waals surface area (Å²) in [4.78, 5) is 12.0. The summed E-state index contributed by atoms with van der Waals surface area (Å²) in [6, 6.07) is 7.95. The number of para-hydroxylation sites is 2. The smallest absolute Gasteiger partial charge is 0.295 e. The maximum atomic E-state index is 12.0. The highest BCUT2D eigenvalue weighted by Gasteiger charge is 2.09. The zero-order valence-corrected chi connectivity index (χ0v) is 10.1. The quantitative estimate of drug-likeness (QED) is 0.777. The molecular formula is C13H18N2O. The molecule has 0 fully saturated rings. The molecule has 0 unspecified atom stereocenters. The Kier molecular flexibility index (Phi) is 2.86. The second kappa shape index (κ2) is 4.16. The first-order valence-corrected chi connectivity index (χ1v) is 5.75. The minimum absolute atomic E-state index is 0.0850. The molecule has 0 aliphatic carbocycles. The molecule has 0 radical (unpaired) electrons. The fourth-order valence-corrected chi connectivity index (χ4v) is 1.97. The van der Waals surface area contributed by atoms with Crippen LogP contribution in [0.5, 0.6) is 0 Å². The van der Waals surface area contributed by atoms with E-state index in [0.29, 0.717) is 5.92 Å². The van der Waals surface area contributed by atoms with E-state index >= 15 is 0 Å². The highest BCUT2D eigenvalue weighted by atomic mass is 16.1. The summed E-state index contributed by atoms with van der Waals surface area (Å²) in [7, 11) is 1.83. The molecule has 2 aromatic rings. The Labute approximate surface area is 95.3 Å². The molecule has 0 saturated carbocycles. The van der Waals surface area contributed by atoms with E-state index in [1.807, 2.05) is 35.9 Å². The van der Waals surface area contributed by atoms with Gasteiger partial charge in [0, 0.05) is 13.6 Å². The third kappa shape index (κ3) is 1.77. The Hall–Kier alpha value is -1.51. The number of nitrogens with zero attached hydrogens (tertiary/aromatic N) is 2. The molecule has 3 heteroatoms. The molecule has 3 nitrogen and oxygen atoms in total. The van der Waals surface area contributed by atoms with Crippen LogP contribution in [0.3, 0.4) is 0 Å². The van der Waals surface area contributed by atoms with Crippen LogP contribution in [0.4, 0.5) is 0 Å². The Morgan fingerprint density at radius 2 is 1.81 bits per heavy atom. The summed E-state index contributed by atoms with van der Waals surface area (Å²) in [6.07, 6.45) is 1.04. The zero-order valence-electron chi connectivity index (χ0n) is 10.1. The monoisotopic (exact) mass is 218 g/mol. The van der Waals surface area contributed by atoms with Crippen molar-refractivity contribution in [1.82, 2.24) is 9.13 Å². The Morgan fingerprint density at radius 3 is 2.44 bits per heavy atom. The van der Waals surface area contributed by atoms with Crippen molar-refractivity contribution in [2.75, 3.05) is 0 Å². The number of fused-ring (bicyclic) bond motifs is 1. The van der Waals surface area contributed by atoms with Crippen LogP contribution in [0.15, 0.2) is 29.1 Å². The fourth-order valence-electron chi connectivity index (χ4n) is 1.97. The summed E-state index contributed by atoms with van der Waals surface area (Å²) < 4.78 is 3.59. The van der Waals surface area contributed by atoms with Crippen molar-refractivity contribution >= 4 is 11.0 Å². The van der Waals surface area contributed by atoms with Crippen molar-refractivity contribution in [3.05, 3.63) is 34.7 Å². The van der Waals surface area contributed by atoms with Crippen LogP contribution in [0.25, 0.3) is 11.0 Å². The van der Waals surface area contributed by atoms with E-state index in [9.17, 15) is 4.79 Å². The SMILES string of the molecule is CC(C)CCn1c(=O)n(C)c2ccccc21. The molecule has 1 aromatic heterocycles. The van der Waals surface area contributed by atoms with Crippen molar-refractivity contribution in [2.24, 2.45) is 13.0 Å². The first-order valence-electron chi connectivity index (χ1n) is 5.75. The van der Waals surface area contributed by atoms with Crippen molar-refractivity contribution in [3.63, 3.8) is 0 Å². The van der Waals surface area contributed by atoms with Gasteiger partial charge >= 0.3 is 5.69 Å². The van der Waals surface area contributed by atoms with Crippen LogP contribution in [0.1, 0.15) is 20.3 Å². The van der Waals surface area contributed by atoms with Gasteiger partial charge in [0.15, 0.2) is 0 Å². The summed E-state index contributed by atoms with van der Waals surface area (Å²) in [6.45, 7) is 5.16. The lowest BCUT2D eigenvalue weighted by molar-refractivity contribution is 0.511. The van der Waals surface area contributed by atoms with Crippen LogP contribution < -0.4 is 5.69 Å². The molecule has 0 bridgehead atoms. The molecule has 86 valence electrons. The zero-order chi connectivity index (χ0) is 11.7. The molecule has 0 atom stereocenters. The lowest BCUT2D eigenvalue weighted by Crippen LogP contribution is -2.22. The number of hydrogen-bond donors (Lipinski definition) is 0. The maximum absolute atomic E-state index is 12.0. The van der Waals surface area contributed by atoms with Crippen LogP contribution in [0, 0.1) is 5.92 Å². The van der Waals surface area contributed by atoms with Gasteiger partial charge in [-0.1, -0.05) is 26.0 Å². The van der Waals surface area contributed by atoms with Gasteiger partial charge in [-0.15, -0.1) is 0 Å². The number of aromatic nitrogens is 2. The van der Waals surface area contributed by atoms with E-state index in [1.54, 1.807) is 4.57 Å². The second-order valence-electron chi connectivity index (χ2n) is 4.66. The molecular weight excluding hydrogens is 200 g/mol. The molecule has 0 aliphatic heterocycles. The van der Waals surface area contributed by atoms with Gasteiger partial charge in [0.05, 0.1) is 11.0 Å². The lowest BCUT2D eigenvalue weighted by Gasteiger charge is -2.05. The summed E-state index contributed by atoms with van der Waals surface area (Å²) >= 11 is 0. The van der Waals surface area contributed by atoms with Gasteiger partial charge in [-0.2, -0.15) is 0 Å². The predicted molar refractivity (Wildman–Crippen MR) is 66.6 cm³/mol. The summed E-state index contributed by atoms with van der Waals surface area (Å²) in [5.41, 5.74) is 2.13. The van der Waals surface area contributed by atoms with E-state index < -0.39 is 0 Å². The predicted octanol–water partition coefficient (Wildman–Crippen LogP) is 2.39. The van der Waals surface area contributed by atoms with Gasteiger partial charge in [-0.05, 0) is 24.5 Å². The Balaban J connectivity index is 2.51. The molecule has 16 heavy (non-hydrogen) atoms. The van der Waals surface area contributed by atoms with Crippen molar-refractivity contribution in [1.29, 1.82) is 0 Å². The van der Waals surface area contributed by atoms with E-state index in [1.165, 1.54) is 0 Å². The largest absolute Gasteiger partial charge is 0.328 e. The van der Waals surface area contributed by atoms with Crippen LogP contribution in [-0.4, -0.2) is 9.13 Å². The highest BCUT2D eigenvalue weighted by Crippen LogP contribution is 2.12. The van der Waals surface area contributed by atoms with Crippen LogP contribution in [0.2, 0.25) is 0 Å². The maximum Gasteiger partial charge on any atom is 0.328 e. The Bertz CT molecular complexity index is 549. The molecule has 1 aromatic carbocycles. The summed E-state index contributed by atoms with van der Waals surface area (Å²) in [5, 5.41) is 0. The first-order chi connectivity index (χ1) is 7.61. The number of hydrogen-bond acceptors (Lipinski definition) is 1. The fraction of sp³-hybridized carbons (Fsp3) is 0.462. The molecule has 0 spiro atoms. The molecule has 2 rings (SSSR count). The lowest BCUT2D eigenvalue weighted by atomic mass is 10.1. The Morgan fingerprint density at radius 1 is 1.19 bits per heavy atom. The second-order valence-corrected chi connectivity index (χ2v) is 4.66. The van der Waals surface area contributed by atoms with Gasteiger partial charge in [0.1, 0.15) is 0 Å². The van der Waals surface area contributed by atoms with Crippen LogP contribution in [-0.2, 0) is 13.6 Å². The number of aryl methyl sites for hydroxylation is 2. The van der Waals surface area contributed by atoms with E-state index in [4.69, 9.17) is 0 Å². The third-order valence-corrected chi connectivity index (χ3v) is 2.98. The van der Waals surface area contributed by atoms with Crippen molar-refractivity contribution < 1.29 is 0 Å². The average Bonchev–Trinajstić information content (AvgIpc) is 2.50. The topological polar surface area (TPSA) is 26.9 Å². The van der Waals surface area contributed by atoms with Crippen molar-refractivity contribution in [3.8, 4) is 0 Å². The van der Waals surface area contributed by atoms with Crippen molar-refractivity contribution in [2.45, 2.75) is 26.8 Å². The van der Waals surface area contributed by atoms with E-state index in [-0.39, 0.29) is 5.69 Å². The number of imidazole rings is 1. The normalized spacial score (nSPS) is 11.5. The highest BCUT2D eigenvalue weighted by molar-refractivity contribution is 5.75. The molecule has 0 N–H and O–H groups in total. The van der Waals surface area contributed by atoms with Crippen LogP contribution >= 0.6 is 0 Å².